The third-order valence-electron chi connectivity index (χ3n) is 3.19. The van der Waals surface area contributed by atoms with Gasteiger partial charge in [0.05, 0.1) is 13.2 Å². The van der Waals surface area contributed by atoms with Crippen LogP contribution >= 0.6 is 23.7 Å². The van der Waals surface area contributed by atoms with Crippen molar-refractivity contribution in [3.05, 3.63) is 45.9 Å². The van der Waals surface area contributed by atoms with Crippen LogP contribution in [0.15, 0.2) is 29.6 Å². The van der Waals surface area contributed by atoms with Crippen LogP contribution < -0.4 is 15.8 Å². The molecule has 2 aromatic rings. The molecule has 1 aromatic heterocycles. The third kappa shape index (κ3) is 4.43. The Kier molecular flexibility index (Phi) is 7.31. The van der Waals surface area contributed by atoms with E-state index >= 15 is 0 Å². The number of benzene rings is 1. The first-order valence-electron chi connectivity index (χ1n) is 6.77. The highest BCUT2D eigenvalue weighted by atomic mass is 35.5. The van der Waals surface area contributed by atoms with Crippen LogP contribution in [0.2, 0.25) is 0 Å². The highest BCUT2D eigenvalue weighted by molar-refractivity contribution is 7.09. The predicted molar refractivity (Wildman–Crippen MR) is 90.7 cm³/mol. The van der Waals surface area contributed by atoms with Gasteiger partial charge in [-0.25, -0.2) is 4.98 Å². The molecule has 7 heteroatoms. The maximum atomic E-state index is 12.2. The molecule has 2 rings (SSSR count). The molecule has 0 saturated carbocycles. The van der Waals surface area contributed by atoms with Crippen molar-refractivity contribution in [1.82, 2.24) is 10.3 Å². The zero-order valence-corrected chi connectivity index (χ0v) is 14.2. The molecule has 0 aliphatic rings. The summed E-state index contributed by atoms with van der Waals surface area (Å²) in [6.45, 7) is 2.38. The van der Waals surface area contributed by atoms with Crippen molar-refractivity contribution in [1.29, 1.82) is 0 Å². The molecule has 0 bridgehead atoms. The van der Waals surface area contributed by atoms with Gasteiger partial charge in [0.15, 0.2) is 0 Å². The van der Waals surface area contributed by atoms with Crippen LogP contribution in [0.5, 0.6) is 5.75 Å². The minimum Gasteiger partial charge on any atom is -0.497 e. The number of ether oxygens (including phenoxy) is 1. The molecule has 0 radical (unpaired) electrons. The first-order chi connectivity index (χ1) is 10.2. The number of hydrogen-bond acceptors (Lipinski definition) is 5. The second kappa shape index (κ2) is 8.73. The summed E-state index contributed by atoms with van der Waals surface area (Å²) < 4.78 is 5.14. The number of amides is 1. The smallest absolute Gasteiger partial charge is 0.271 e. The van der Waals surface area contributed by atoms with Crippen LogP contribution in [-0.4, -0.2) is 18.0 Å². The van der Waals surface area contributed by atoms with E-state index in [1.165, 1.54) is 11.3 Å². The molecule has 22 heavy (non-hydrogen) atoms. The number of rotatable bonds is 6. The number of thiazole rings is 1. The summed E-state index contributed by atoms with van der Waals surface area (Å²) in [5.74, 6) is 0.626. The number of carbonyl (C=O) groups is 1. The molecule has 1 atom stereocenters. The molecule has 0 aliphatic heterocycles. The van der Waals surface area contributed by atoms with Crippen LogP contribution in [0.3, 0.4) is 0 Å². The SMILES string of the molecule is CCC(NC(=O)c1csc(CN)n1)c1ccc(OC)cc1.Cl. The Morgan fingerprint density at radius 3 is 2.59 bits per heavy atom. The van der Waals surface area contributed by atoms with Crippen LogP contribution in [0.25, 0.3) is 0 Å². The lowest BCUT2D eigenvalue weighted by atomic mass is 10.0. The van der Waals surface area contributed by atoms with E-state index in [2.05, 4.69) is 10.3 Å². The normalized spacial score (nSPS) is 11.4. The monoisotopic (exact) mass is 341 g/mol. The highest BCUT2D eigenvalue weighted by Crippen LogP contribution is 2.20. The second-order valence-electron chi connectivity index (χ2n) is 4.54. The standard InChI is InChI=1S/C15H19N3O2S.ClH/c1-3-12(10-4-6-11(20-2)7-5-10)18-15(19)13-9-21-14(8-16)17-13;/h4-7,9,12H,3,8,16H2,1-2H3,(H,18,19);1H. The Balaban J connectivity index is 0.00000242. The fourth-order valence-electron chi connectivity index (χ4n) is 2.00. The van der Waals surface area contributed by atoms with E-state index < -0.39 is 0 Å². The molecule has 3 N–H and O–H groups in total. The number of hydrogen-bond donors (Lipinski definition) is 2. The van der Waals surface area contributed by atoms with Crippen molar-refractivity contribution in [2.45, 2.75) is 25.9 Å². The Morgan fingerprint density at radius 2 is 2.09 bits per heavy atom. The summed E-state index contributed by atoms with van der Waals surface area (Å²) in [6.07, 6.45) is 0.798. The summed E-state index contributed by atoms with van der Waals surface area (Å²) in [6, 6.07) is 7.64. The summed E-state index contributed by atoms with van der Waals surface area (Å²) >= 11 is 1.40. The molecule has 1 unspecified atom stereocenters. The van der Waals surface area contributed by atoms with E-state index in [9.17, 15) is 4.79 Å². The molecule has 1 heterocycles. The van der Waals surface area contributed by atoms with E-state index in [4.69, 9.17) is 10.5 Å². The highest BCUT2D eigenvalue weighted by Gasteiger charge is 2.16. The summed E-state index contributed by atoms with van der Waals surface area (Å²) in [5.41, 5.74) is 6.98. The van der Waals surface area contributed by atoms with Gasteiger partial charge in [-0.15, -0.1) is 23.7 Å². The molecular formula is C15H20ClN3O2S. The topological polar surface area (TPSA) is 77.2 Å². The van der Waals surface area contributed by atoms with Gasteiger partial charge < -0.3 is 15.8 Å². The molecule has 1 aromatic carbocycles. The lowest BCUT2D eigenvalue weighted by Crippen LogP contribution is -2.28. The molecular weight excluding hydrogens is 322 g/mol. The van der Waals surface area contributed by atoms with Crippen molar-refractivity contribution >= 4 is 29.7 Å². The van der Waals surface area contributed by atoms with Gasteiger partial charge >= 0.3 is 0 Å². The zero-order valence-electron chi connectivity index (χ0n) is 12.5. The fourth-order valence-corrected chi connectivity index (χ4v) is 2.65. The minimum absolute atomic E-state index is 0. The van der Waals surface area contributed by atoms with Crippen LogP contribution in [0.4, 0.5) is 0 Å². The number of carbonyl (C=O) groups excluding carboxylic acids is 1. The average molecular weight is 342 g/mol. The summed E-state index contributed by atoms with van der Waals surface area (Å²) in [7, 11) is 1.63. The molecule has 1 amide bonds. The van der Waals surface area contributed by atoms with Crippen molar-refractivity contribution in [2.24, 2.45) is 5.73 Å². The van der Waals surface area contributed by atoms with Gasteiger partial charge in [0.25, 0.3) is 5.91 Å². The van der Waals surface area contributed by atoms with Crippen molar-refractivity contribution in [2.75, 3.05) is 7.11 Å². The van der Waals surface area contributed by atoms with Gasteiger partial charge in [0.2, 0.25) is 0 Å². The number of halogens is 1. The van der Waals surface area contributed by atoms with Crippen LogP contribution in [0.1, 0.15) is 40.4 Å². The van der Waals surface area contributed by atoms with Gasteiger partial charge in [0, 0.05) is 11.9 Å². The lowest BCUT2D eigenvalue weighted by molar-refractivity contribution is 0.0931. The molecule has 5 nitrogen and oxygen atoms in total. The van der Waals surface area contributed by atoms with Gasteiger partial charge in [-0.1, -0.05) is 19.1 Å². The third-order valence-corrected chi connectivity index (χ3v) is 4.06. The molecule has 0 fully saturated rings. The number of nitrogens with two attached hydrogens (primary N) is 1. The van der Waals surface area contributed by atoms with Crippen LogP contribution in [0, 0.1) is 0 Å². The zero-order chi connectivity index (χ0) is 15.2. The molecule has 0 saturated heterocycles. The summed E-state index contributed by atoms with van der Waals surface area (Å²) in [5, 5.41) is 5.49. The average Bonchev–Trinajstić information content (AvgIpc) is 3.01. The number of nitrogens with one attached hydrogen (secondary N) is 1. The first-order valence-corrected chi connectivity index (χ1v) is 7.65. The van der Waals surface area contributed by atoms with Crippen molar-refractivity contribution < 1.29 is 9.53 Å². The Bertz CT molecular complexity index is 601. The summed E-state index contributed by atoms with van der Waals surface area (Å²) in [4.78, 5) is 16.4. The quantitative estimate of drug-likeness (QED) is 0.846. The van der Waals surface area contributed by atoms with E-state index in [0.717, 1.165) is 22.7 Å². The van der Waals surface area contributed by atoms with E-state index in [0.29, 0.717) is 12.2 Å². The van der Waals surface area contributed by atoms with E-state index in [1.807, 2.05) is 31.2 Å². The largest absolute Gasteiger partial charge is 0.497 e. The van der Waals surface area contributed by atoms with Crippen LogP contribution in [-0.2, 0) is 6.54 Å². The van der Waals surface area contributed by atoms with E-state index in [-0.39, 0.29) is 24.4 Å². The Morgan fingerprint density at radius 1 is 1.41 bits per heavy atom. The Hall–Kier alpha value is -1.63. The maximum Gasteiger partial charge on any atom is 0.271 e. The fraction of sp³-hybridized carbons (Fsp3) is 0.333. The number of methoxy groups -OCH3 is 1. The van der Waals surface area contributed by atoms with Gasteiger partial charge in [-0.05, 0) is 24.1 Å². The predicted octanol–water partition coefficient (Wildman–Crippen LogP) is 2.91. The minimum atomic E-state index is -0.173. The molecule has 0 aliphatic carbocycles. The second-order valence-corrected chi connectivity index (χ2v) is 5.48. The lowest BCUT2D eigenvalue weighted by Gasteiger charge is -2.17. The maximum absolute atomic E-state index is 12.2. The number of aromatic nitrogens is 1. The number of nitrogens with zero attached hydrogens (tertiary/aromatic N) is 1. The van der Waals surface area contributed by atoms with Crippen molar-refractivity contribution in [3.8, 4) is 5.75 Å². The van der Waals surface area contributed by atoms with E-state index in [1.54, 1.807) is 12.5 Å². The Labute approximate surface area is 140 Å². The first kappa shape index (κ1) is 18.4. The molecule has 0 spiro atoms. The van der Waals surface area contributed by atoms with Gasteiger partial charge in [0.1, 0.15) is 16.5 Å². The molecule has 120 valence electrons. The van der Waals surface area contributed by atoms with Crippen molar-refractivity contribution in [3.63, 3.8) is 0 Å². The van der Waals surface area contributed by atoms with Gasteiger partial charge in [-0.3, -0.25) is 4.79 Å². The van der Waals surface area contributed by atoms with Gasteiger partial charge in [-0.2, -0.15) is 0 Å².